The molecule has 0 aliphatic carbocycles. The van der Waals surface area contributed by atoms with E-state index in [9.17, 15) is 23.7 Å². The largest absolute Gasteiger partial charge is 1.00 e. The van der Waals surface area contributed by atoms with E-state index in [4.69, 9.17) is 9.05 Å². The van der Waals surface area contributed by atoms with E-state index in [2.05, 4.69) is 0 Å². The first-order chi connectivity index (χ1) is 13.7. The Balaban J connectivity index is 0.00000450. The third kappa shape index (κ3) is 8.94. The Bertz CT molecular complexity index is 881. The predicted octanol–water partition coefficient (Wildman–Crippen LogP) is -2.44. The Morgan fingerprint density at radius 1 is 0.871 bits per heavy atom. The molecule has 0 aliphatic heterocycles. The van der Waals surface area contributed by atoms with Gasteiger partial charge in [-0.05, 0) is 25.8 Å². The normalized spacial score (nSPS) is 13.4. The molecule has 2 atom stereocenters. The number of hydrogen-bond acceptors (Lipinski definition) is 7. The monoisotopic (exact) mass is 484 g/mol. The van der Waals surface area contributed by atoms with Crippen LogP contribution >= 0.6 is 15.2 Å². The topological polar surface area (TPSA) is 116 Å². The summed E-state index contributed by atoms with van der Waals surface area (Å²) in [5, 5.41) is -1.98. The van der Waals surface area contributed by atoms with Crippen LogP contribution in [0.2, 0.25) is 0 Å². The van der Waals surface area contributed by atoms with E-state index < -0.39 is 32.9 Å². The molecule has 2 unspecified atom stereocenters. The maximum atomic E-state index is 13.2. The molecule has 0 saturated heterocycles. The number of hydrogen-bond donors (Lipinski definition) is 0. The number of benzene rings is 2. The Hall–Kier alpha value is 0.410. The van der Waals surface area contributed by atoms with Crippen LogP contribution in [0.4, 0.5) is 0 Å². The molecule has 31 heavy (non-hydrogen) atoms. The van der Waals surface area contributed by atoms with Gasteiger partial charge in [-0.1, -0.05) is 68.3 Å². The fourth-order valence-electron chi connectivity index (χ4n) is 3.09. The van der Waals surface area contributed by atoms with Gasteiger partial charge >= 0.3 is 66.7 Å². The second-order valence-electron chi connectivity index (χ2n) is 6.33. The molecular weight excluding hydrogens is 460 g/mol. The average Bonchev–Trinajstić information content (AvgIpc) is 2.69. The van der Waals surface area contributed by atoms with Gasteiger partial charge in [0.1, 0.15) is 0 Å². The number of carbonyl (C=O) groups is 1. The van der Waals surface area contributed by atoms with Crippen LogP contribution in [0.5, 0.6) is 0 Å². The molecule has 2 rings (SSSR count). The number of rotatable bonds is 11. The van der Waals surface area contributed by atoms with Crippen LogP contribution in [0.1, 0.15) is 42.1 Å². The summed E-state index contributed by atoms with van der Waals surface area (Å²) in [5.74, 6) is -1.39. The summed E-state index contributed by atoms with van der Waals surface area (Å²) in [6.45, 7) is 2.84. The number of Topliss-reactive ketones (excluding diaryl/α,β-unsaturated/α-hetero) is 1. The van der Waals surface area contributed by atoms with Crippen LogP contribution in [0, 0.1) is 0 Å². The molecule has 0 aliphatic rings. The van der Waals surface area contributed by atoms with Crippen molar-refractivity contribution in [3.63, 3.8) is 0 Å². The van der Waals surface area contributed by atoms with Crippen LogP contribution in [0.25, 0.3) is 0 Å². The molecule has 7 nitrogen and oxygen atoms in total. The van der Waals surface area contributed by atoms with Crippen molar-refractivity contribution < 1.29 is 91.9 Å². The standard InChI is InChI=1S/C20H26O7P2.2Na/c1-3-26-29(25,27-4-2)19(28(22,23)24)15-18(16-11-7-5-8-12-16)20(21)17-13-9-6-10-14-17;;/h5-14,18-19H,3-4,15H2,1-2H3,(H2,22,23,24);;/q;2*+1/p-2. The van der Waals surface area contributed by atoms with Crippen molar-refractivity contribution in [1.82, 2.24) is 0 Å². The van der Waals surface area contributed by atoms with Crippen molar-refractivity contribution in [2.75, 3.05) is 13.2 Å². The van der Waals surface area contributed by atoms with E-state index >= 15 is 0 Å². The maximum absolute atomic E-state index is 13.2. The van der Waals surface area contributed by atoms with E-state index in [0.29, 0.717) is 11.1 Å². The molecule has 0 radical (unpaired) electrons. The SMILES string of the molecule is CCOP(=O)(OCC)C(CC(C(=O)c1ccccc1)c1ccccc1)P(=O)([O-])[O-].[Na+].[Na+]. The van der Waals surface area contributed by atoms with Gasteiger partial charge in [-0.3, -0.25) is 9.36 Å². The first kappa shape index (κ1) is 31.4. The summed E-state index contributed by atoms with van der Waals surface area (Å²) < 4.78 is 35.5. The van der Waals surface area contributed by atoms with E-state index in [0.717, 1.165) is 0 Å². The van der Waals surface area contributed by atoms with Crippen molar-refractivity contribution >= 4 is 21.0 Å². The summed E-state index contributed by atoms with van der Waals surface area (Å²) in [5.41, 5.74) is 0.869. The number of ketones is 1. The molecule has 2 aromatic rings. The van der Waals surface area contributed by atoms with E-state index in [1.165, 1.54) is 13.8 Å². The first-order valence-electron chi connectivity index (χ1n) is 9.27. The molecule has 0 bridgehead atoms. The van der Waals surface area contributed by atoms with Crippen LogP contribution in [-0.4, -0.2) is 24.4 Å². The minimum absolute atomic E-state index is 0. The first-order valence-corrected chi connectivity index (χ1v) is 12.5. The Kier molecular flexibility index (Phi) is 14.8. The Labute approximate surface area is 227 Å². The molecule has 11 heteroatoms. The minimum Gasteiger partial charge on any atom is -0.810 e. The predicted molar refractivity (Wildman–Crippen MR) is 107 cm³/mol. The molecule has 0 saturated carbocycles. The molecule has 2 aromatic carbocycles. The van der Waals surface area contributed by atoms with Gasteiger partial charge < -0.3 is 23.4 Å². The van der Waals surface area contributed by atoms with Crippen LogP contribution < -0.4 is 68.9 Å². The Morgan fingerprint density at radius 3 is 1.74 bits per heavy atom. The van der Waals surface area contributed by atoms with Crippen molar-refractivity contribution in [1.29, 1.82) is 0 Å². The van der Waals surface area contributed by atoms with Gasteiger partial charge in [-0.15, -0.1) is 0 Å². The van der Waals surface area contributed by atoms with Gasteiger partial charge in [0, 0.05) is 11.5 Å². The van der Waals surface area contributed by atoms with Gasteiger partial charge in [0.2, 0.25) is 0 Å². The zero-order valence-corrected chi connectivity index (χ0v) is 24.1. The van der Waals surface area contributed by atoms with Crippen molar-refractivity contribution in [3.05, 3.63) is 71.8 Å². The molecule has 0 aromatic heterocycles. The zero-order chi connectivity index (χ0) is 21.5. The number of carbonyl (C=O) groups excluding carboxylic acids is 1. The molecule has 0 heterocycles. The van der Waals surface area contributed by atoms with Crippen LogP contribution in [0.15, 0.2) is 60.7 Å². The van der Waals surface area contributed by atoms with Gasteiger partial charge in [0.05, 0.1) is 18.6 Å². The minimum atomic E-state index is -5.43. The molecular formula is C20H24Na2O7P2. The van der Waals surface area contributed by atoms with Crippen molar-refractivity contribution in [2.45, 2.75) is 31.6 Å². The maximum Gasteiger partial charge on any atom is 1.00 e. The summed E-state index contributed by atoms with van der Waals surface area (Å²) in [6.07, 6.45) is -0.501. The van der Waals surface area contributed by atoms with E-state index in [1.54, 1.807) is 60.7 Å². The summed E-state index contributed by atoms with van der Waals surface area (Å²) in [6, 6.07) is 16.8. The second kappa shape index (κ2) is 14.6. The zero-order valence-electron chi connectivity index (χ0n) is 18.3. The second-order valence-corrected chi connectivity index (χ2v) is 10.7. The van der Waals surface area contributed by atoms with E-state index in [1.807, 2.05) is 0 Å². The van der Waals surface area contributed by atoms with Gasteiger partial charge in [-0.25, -0.2) is 0 Å². The smallest absolute Gasteiger partial charge is 0.810 e. The van der Waals surface area contributed by atoms with Crippen LogP contribution in [0.3, 0.4) is 0 Å². The average molecular weight is 484 g/mol. The fraction of sp³-hybridized carbons (Fsp3) is 0.350. The molecule has 0 amide bonds. The molecule has 0 spiro atoms. The third-order valence-electron chi connectivity index (χ3n) is 4.37. The van der Waals surface area contributed by atoms with Gasteiger partial charge in [0.25, 0.3) is 0 Å². The van der Waals surface area contributed by atoms with Crippen molar-refractivity contribution in [3.8, 4) is 0 Å². The fourth-order valence-corrected chi connectivity index (χ4v) is 6.96. The third-order valence-corrected chi connectivity index (χ3v) is 9.19. The summed E-state index contributed by atoms with van der Waals surface area (Å²) >= 11 is 0. The summed E-state index contributed by atoms with van der Waals surface area (Å²) in [4.78, 5) is 37.4. The van der Waals surface area contributed by atoms with E-state index in [-0.39, 0.29) is 78.1 Å². The van der Waals surface area contributed by atoms with Gasteiger partial charge in [-0.2, -0.15) is 0 Å². The molecule has 158 valence electrons. The van der Waals surface area contributed by atoms with Crippen LogP contribution in [-0.2, 0) is 18.2 Å². The van der Waals surface area contributed by atoms with Gasteiger partial charge in [0.15, 0.2) is 5.78 Å². The van der Waals surface area contributed by atoms with Crippen molar-refractivity contribution in [2.24, 2.45) is 0 Å². The Morgan fingerprint density at radius 2 is 1.32 bits per heavy atom. The molecule has 0 N–H and O–H groups in total. The summed E-state index contributed by atoms with van der Waals surface area (Å²) in [7, 11) is -9.72. The molecule has 0 fully saturated rings. The quantitative estimate of drug-likeness (QED) is 0.198.